The van der Waals surface area contributed by atoms with Gasteiger partial charge in [-0.15, -0.1) is 11.3 Å². The minimum absolute atomic E-state index is 0.128. The summed E-state index contributed by atoms with van der Waals surface area (Å²) in [6.45, 7) is 1.46. The van der Waals surface area contributed by atoms with Gasteiger partial charge in [0, 0.05) is 46.1 Å². The normalized spacial score (nSPS) is 11.1. The van der Waals surface area contributed by atoms with E-state index in [2.05, 4.69) is 10.3 Å². The molecular weight excluding hydrogens is 338 g/mol. The Morgan fingerprint density at radius 2 is 2.00 bits per heavy atom. The molecule has 2 aromatic heterocycles. The molecule has 0 spiro atoms. The third-order valence-corrected chi connectivity index (χ3v) is 4.60. The summed E-state index contributed by atoms with van der Waals surface area (Å²) < 4.78 is 0.880. The van der Waals surface area contributed by atoms with Gasteiger partial charge in [-0.1, -0.05) is 12.1 Å². The van der Waals surface area contributed by atoms with Crippen LogP contribution in [0, 0.1) is 0 Å². The second-order valence-corrected chi connectivity index (χ2v) is 6.26. The van der Waals surface area contributed by atoms with E-state index in [1.54, 1.807) is 6.20 Å². The van der Waals surface area contributed by atoms with Crippen LogP contribution < -0.4 is 11.1 Å². The monoisotopic (exact) mass is 353 g/mol. The zero-order valence-corrected chi connectivity index (χ0v) is 14.1. The van der Waals surface area contributed by atoms with Gasteiger partial charge in [0.05, 0.1) is 0 Å². The molecule has 0 aliphatic heterocycles. The molecule has 0 aliphatic carbocycles. The topological polar surface area (TPSA) is 105 Å². The molecule has 0 radical (unpaired) electrons. The van der Waals surface area contributed by atoms with E-state index in [1.807, 2.05) is 29.6 Å². The van der Waals surface area contributed by atoms with E-state index < -0.39 is 5.97 Å². The number of pyridine rings is 1. The number of benzene rings is 1. The van der Waals surface area contributed by atoms with Crippen molar-refractivity contribution in [1.29, 1.82) is 0 Å². The lowest BCUT2D eigenvalue weighted by Gasteiger charge is -2.06. The second-order valence-electron chi connectivity index (χ2n) is 5.38. The largest absolute Gasteiger partial charge is 0.478 e. The lowest BCUT2D eigenvalue weighted by atomic mass is 10.0. The van der Waals surface area contributed by atoms with Crippen molar-refractivity contribution in [3.05, 3.63) is 47.5 Å². The number of nitrogens with two attached hydrogens (primary N) is 1. The van der Waals surface area contributed by atoms with Gasteiger partial charge in [-0.25, -0.2) is 9.78 Å². The molecule has 3 rings (SSSR count). The van der Waals surface area contributed by atoms with Gasteiger partial charge in [-0.2, -0.15) is 0 Å². The number of fused-ring (bicyclic) bond motifs is 1. The van der Waals surface area contributed by atoms with Crippen molar-refractivity contribution >= 4 is 50.9 Å². The summed E-state index contributed by atoms with van der Waals surface area (Å²) in [6.07, 6.45) is 4.16. The molecule has 1 amide bonds. The van der Waals surface area contributed by atoms with Gasteiger partial charge < -0.3 is 16.2 Å². The first-order valence-electron chi connectivity index (χ1n) is 7.40. The number of aromatic nitrogens is 1. The number of nitrogens with zero attached hydrogens (tertiary/aromatic N) is 1. The number of hydrogen-bond acceptors (Lipinski definition) is 5. The van der Waals surface area contributed by atoms with Crippen molar-refractivity contribution in [2.45, 2.75) is 6.92 Å². The number of carboxylic acid groups (broad SMARTS) is 1. The van der Waals surface area contributed by atoms with Gasteiger partial charge in [0.2, 0.25) is 5.91 Å². The molecule has 0 fully saturated rings. The van der Waals surface area contributed by atoms with Crippen molar-refractivity contribution in [2.24, 2.45) is 0 Å². The molecule has 0 bridgehead atoms. The van der Waals surface area contributed by atoms with Crippen molar-refractivity contribution in [1.82, 2.24) is 4.98 Å². The van der Waals surface area contributed by atoms with Crippen LogP contribution in [-0.4, -0.2) is 22.0 Å². The smallest absolute Gasteiger partial charge is 0.328 e. The van der Waals surface area contributed by atoms with Crippen LogP contribution in [0.15, 0.2) is 41.9 Å². The van der Waals surface area contributed by atoms with E-state index in [-0.39, 0.29) is 5.91 Å². The van der Waals surface area contributed by atoms with Crippen molar-refractivity contribution in [3.63, 3.8) is 0 Å². The number of rotatable bonds is 4. The van der Waals surface area contributed by atoms with E-state index in [4.69, 9.17) is 10.8 Å². The van der Waals surface area contributed by atoms with Crippen molar-refractivity contribution < 1.29 is 14.7 Å². The summed E-state index contributed by atoms with van der Waals surface area (Å²) in [5.41, 5.74) is 9.34. The summed E-state index contributed by atoms with van der Waals surface area (Å²) in [5, 5.41) is 14.3. The minimum Gasteiger partial charge on any atom is -0.478 e. The highest BCUT2D eigenvalue weighted by atomic mass is 32.1. The number of amides is 1. The van der Waals surface area contributed by atoms with Crippen LogP contribution in [0.3, 0.4) is 0 Å². The minimum atomic E-state index is -1.02. The van der Waals surface area contributed by atoms with E-state index >= 15 is 0 Å². The number of carbonyl (C=O) groups excluding carboxylic acids is 1. The molecule has 25 heavy (non-hydrogen) atoms. The van der Waals surface area contributed by atoms with Gasteiger partial charge >= 0.3 is 5.97 Å². The van der Waals surface area contributed by atoms with Crippen LogP contribution >= 0.6 is 11.3 Å². The highest BCUT2D eigenvalue weighted by molar-refractivity contribution is 7.18. The number of hydrogen-bond donors (Lipinski definition) is 3. The van der Waals surface area contributed by atoms with E-state index in [0.717, 1.165) is 27.3 Å². The van der Waals surface area contributed by atoms with Crippen molar-refractivity contribution in [2.75, 3.05) is 11.1 Å². The Labute approximate surface area is 147 Å². The van der Waals surface area contributed by atoms with Gasteiger partial charge in [0.1, 0.15) is 5.82 Å². The quantitative estimate of drug-likeness (QED) is 0.622. The van der Waals surface area contributed by atoms with Gasteiger partial charge in [-0.3, -0.25) is 4.79 Å². The highest BCUT2D eigenvalue weighted by Crippen LogP contribution is 2.39. The molecule has 2 heterocycles. The molecule has 0 atom stereocenters. The standard InChI is InChI=1S/C18H15N3O3S/c1-10(22)21-13-5-2-11(3-6-13)14-9-25-17-12(4-7-15(23)24)8-20-18(19)16(14)17/h2-9H,1H3,(H2,19,20)(H,21,22)(H,23,24). The van der Waals surface area contributed by atoms with Crippen LogP contribution in [0.2, 0.25) is 0 Å². The number of aliphatic carboxylic acids is 1. The van der Waals surface area contributed by atoms with Crippen LogP contribution in [0.25, 0.3) is 27.3 Å². The Morgan fingerprint density at radius 1 is 1.28 bits per heavy atom. The number of nitrogens with one attached hydrogen (secondary N) is 1. The number of carboxylic acids is 1. The number of nitrogen functional groups attached to an aromatic ring is 1. The van der Waals surface area contributed by atoms with Gasteiger partial charge in [-0.05, 0) is 29.2 Å². The van der Waals surface area contributed by atoms with Crippen molar-refractivity contribution in [3.8, 4) is 11.1 Å². The highest BCUT2D eigenvalue weighted by Gasteiger charge is 2.13. The SMILES string of the molecule is CC(=O)Nc1ccc(-c2csc3c(C=CC(=O)O)cnc(N)c23)cc1. The maximum absolute atomic E-state index is 11.1. The first-order chi connectivity index (χ1) is 12.0. The lowest BCUT2D eigenvalue weighted by molar-refractivity contribution is -0.131. The molecule has 0 unspecified atom stereocenters. The summed E-state index contributed by atoms with van der Waals surface area (Å²) in [4.78, 5) is 26.0. The maximum Gasteiger partial charge on any atom is 0.328 e. The Hall–Kier alpha value is -3.19. The third-order valence-electron chi connectivity index (χ3n) is 3.57. The second kappa shape index (κ2) is 6.74. The fourth-order valence-corrected chi connectivity index (χ4v) is 3.59. The first-order valence-corrected chi connectivity index (χ1v) is 8.28. The molecule has 0 aliphatic rings. The van der Waals surface area contributed by atoms with E-state index in [1.165, 1.54) is 24.3 Å². The van der Waals surface area contributed by atoms with E-state index in [0.29, 0.717) is 17.1 Å². The summed E-state index contributed by atoms with van der Waals surface area (Å²) in [5.74, 6) is -0.753. The average Bonchev–Trinajstić information content (AvgIpc) is 3.00. The summed E-state index contributed by atoms with van der Waals surface area (Å²) in [7, 11) is 0. The van der Waals surface area contributed by atoms with Crippen LogP contribution in [0.1, 0.15) is 12.5 Å². The Balaban J connectivity index is 2.07. The number of anilines is 2. The molecular formula is C18H15N3O3S. The lowest BCUT2D eigenvalue weighted by Crippen LogP contribution is -2.05. The molecule has 6 nitrogen and oxygen atoms in total. The number of thiophene rings is 1. The van der Waals surface area contributed by atoms with E-state index in [9.17, 15) is 9.59 Å². The number of carbonyl (C=O) groups is 2. The fourth-order valence-electron chi connectivity index (χ4n) is 2.52. The average molecular weight is 353 g/mol. The molecule has 1 aromatic carbocycles. The Kier molecular flexibility index (Phi) is 4.49. The predicted octanol–water partition coefficient (Wildman–Crippen LogP) is 3.60. The Bertz CT molecular complexity index is 991. The van der Waals surface area contributed by atoms with Crippen LogP contribution in [0.4, 0.5) is 11.5 Å². The molecule has 4 N–H and O–H groups in total. The Morgan fingerprint density at radius 3 is 2.64 bits per heavy atom. The van der Waals surface area contributed by atoms with Crippen LogP contribution in [0.5, 0.6) is 0 Å². The fraction of sp³-hybridized carbons (Fsp3) is 0.0556. The van der Waals surface area contributed by atoms with Gasteiger partial charge in [0.15, 0.2) is 0 Å². The first kappa shape index (κ1) is 16.7. The molecule has 7 heteroatoms. The molecule has 3 aromatic rings. The zero-order chi connectivity index (χ0) is 18.0. The van der Waals surface area contributed by atoms with Crippen LogP contribution in [-0.2, 0) is 9.59 Å². The maximum atomic E-state index is 11.1. The zero-order valence-electron chi connectivity index (χ0n) is 13.3. The predicted molar refractivity (Wildman–Crippen MR) is 100 cm³/mol. The molecule has 126 valence electrons. The van der Waals surface area contributed by atoms with Gasteiger partial charge in [0.25, 0.3) is 0 Å². The summed E-state index contributed by atoms with van der Waals surface area (Å²) >= 11 is 1.48. The third kappa shape index (κ3) is 3.51. The molecule has 0 saturated heterocycles. The molecule has 0 saturated carbocycles. The summed E-state index contributed by atoms with van der Waals surface area (Å²) in [6, 6.07) is 7.42.